The molecule has 3 rings (SSSR count). The fraction of sp³-hybridized carbons (Fsp3) is 0.167. The minimum atomic E-state index is -0.465. The van der Waals surface area contributed by atoms with Gasteiger partial charge < -0.3 is 9.73 Å². The van der Waals surface area contributed by atoms with Gasteiger partial charge in [0.2, 0.25) is 11.8 Å². The van der Waals surface area contributed by atoms with Gasteiger partial charge in [-0.15, -0.1) is 5.10 Å². The average Bonchev–Trinajstić information content (AvgIpc) is 2.97. The molecule has 0 spiro atoms. The second-order valence-corrected chi connectivity index (χ2v) is 6.21. The van der Waals surface area contributed by atoms with E-state index < -0.39 is 5.82 Å². The molecular formula is C18H16F2N4O2S. The molecule has 0 aliphatic rings. The van der Waals surface area contributed by atoms with E-state index in [4.69, 9.17) is 16.6 Å². The van der Waals surface area contributed by atoms with Crippen LogP contribution in [0.5, 0.6) is 0 Å². The van der Waals surface area contributed by atoms with Crippen LogP contribution in [0.15, 0.2) is 52.9 Å². The SMILES string of the molecule is CN(CC(=O)Nc1ccc(F)cc1)Cn1nc(-c2ccccc2F)oc1=S. The highest BCUT2D eigenvalue weighted by atomic mass is 32.1. The molecule has 0 saturated carbocycles. The first-order chi connectivity index (χ1) is 12.9. The number of anilines is 1. The Morgan fingerprint density at radius 1 is 1.22 bits per heavy atom. The van der Waals surface area contributed by atoms with Crippen LogP contribution >= 0.6 is 12.2 Å². The van der Waals surface area contributed by atoms with Crippen molar-refractivity contribution in [2.24, 2.45) is 0 Å². The van der Waals surface area contributed by atoms with E-state index in [0.29, 0.717) is 5.69 Å². The largest absolute Gasteiger partial charge is 0.409 e. The predicted octanol–water partition coefficient (Wildman–Crippen LogP) is 3.68. The molecule has 6 nitrogen and oxygen atoms in total. The van der Waals surface area contributed by atoms with Crippen molar-refractivity contribution in [3.63, 3.8) is 0 Å². The molecule has 1 amide bonds. The van der Waals surface area contributed by atoms with Crippen LogP contribution in [0, 0.1) is 16.5 Å². The molecule has 140 valence electrons. The lowest BCUT2D eigenvalue weighted by Gasteiger charge is -2.15. The fourth-order valence-electron chi connectivity index (χ4n) is 2.40. The third-order valence-corrected chi connectivity index (χ3v) is 3.92. The molecule has 0 unspecified atom stereocenters. The maximum Gasteiger partial charge on any atom is 0.288 e. The lowest BCUT2D eigenvalue weighted by atomic mass is 10.2. The number of aromatic nitrogens is 2. The first kappa shape index (κ1) is 18.9. The average molecular weight is 390 g/mol. The summed E-state index contributed by atoms with van der Waals surface area (Å²) in [6, 6.07) is 11.6. The molecule has 0 bridgehead atoms. The maximum atomic E-state index is 13.9. The van der Waals surface area contributed by atoms with Gasteiger partial charge in [0.05, 0.1) is 18.8 Å². The zero-order valence-corrected chi connectivity index (χ0v) is 15.2. The second-order valence-electron chi connectivity index (χ2n) is 5.86. The lowest BCUT2D eigenvalue weighted by molar-refractivity contribution is -0.117. The van der Waals surface area contributed by atoms with Crippen molar-refractivity contribution >= 4 is 23.8 Å². The van der Waals surface area contributed by atoms with E-state index in [-0.39, 0.29) is 41.2 Å². The van der Waals surface area contributed by atoms with Crippen molar-refractivity contribution in [2.45, 2.75) is 6.67 Å². The highest BCUT2D eigenvalue weighted by Gasteiger charge is 2.14. The second kappa shape index (κ2) is 8.19. The Labute approximate surface area is 159 Å². The summed E-state index contributed by atoms with van der Waals surface area (Å²) < 4.78 is 33.5. The van der Waals surface area contributed by atoms with Gasteiger partial charge in [-0.05, 0) is 55.7 Å². The van der Waals surface area contributed by atoms with E-state index in [2.05, 4.69) is 10.4 Å². The van der Waals surface area contributed by atoms with Crippen molar-refractivity contribution in [1.82, 2.24) is 14.7 Å². The van der Waals surface area contributed by atoms with Crippen LogP contribution < -0.4 is 5.32 Å². The summed E-state index contributed by atoms with van der Waals surface area (Å²) >= 11 is 5.11. The van der Waals surface area contributed by atoms with Gasteiger partial charge in [-0.2, -0.15) is 0 Å². The van der Waals surface area contributed by atoms with Gasteiger partial charge in [-0.25, -0.2) is 13.5 Å². The number of halogens is 2. The van der Waals surface area contributed by atoms with Gasteiger partial charge in [0.25, 0.3) is 4.84 Å². The van der Waals surface area contributed by atoms with Gasteiger partial charge in [0.1, 0.15) is 11.6 Å². The van der Waals surface area contributed by atoms with Crippen LogP contribution in [-0.4, -0.2) is 34.2 Å². The minimum absolute atomic E-state index is 0.0427. The Bertz CT molecular complexity index is 1000. The fourth-order valence-corrected chi connectivity index (χ4v) is 2.57. The number of rotatable bonds is 6. The summed E-state index contributed by atoms with van der Waals surface area (Å²) in [4.78, 5) is 13.8. The lowest BCUT2D eigenvalue weighted by Crippen LogP contribution is -2.32. The zero-order valence-electron chi connectivity index (χ0n) is 14.4. The number of likely N-dealkylation sites (N-methyl/N-ethyl adjacent to an activating group) is 1. The summed E-state index contributed by atoms with van der Waals surface area (Å²) in [5.41, 5.74) is 0.703. The van der Waals surface area contributed by atoms with Crippen LogP contribution in [0.2, 0.25) is 0 Å². The van der Waals surface area contributed by atoms with Crippen LogP contribution in [-0.2, 0) is 11.5 Å². The van der Waals surface area contributed by atoms with Crippen molar-refractivity contribution in [3.8, 4) is 11.5 Å². The number of benzene rings is 2. The zero-order chi connectivity index (χ0) is 19.4. The predicted molar refractivity (Wildman–Crippen MR) is 98.4 cm³/mol. The van der Waals surface area contributed by atoms with Crippen LogP contribution in [0.1, 0.15) is 0 Å². The summed E-state index contributed by atoms with van der Waals surface area (Å²) in [6.45, 7) is 0.217. The molecule has 1 N–H and O–H groups in total. The summed E-state index contributed by atoms with van der Waals surface area (Å²) in [6.07, 6.45) is 0. The Morgan fingerprint density at radius 2 is 1.93 bits per heavy atom. The van der Waals surface area contributed by atoms with E-state index in [0.717, 1.165) is 0 Å². The van der Waals surface area contributed by atoms with Crippen molar-refractivity contribution in [3.05, 3.63) is 65.0 Å². The normalized spacial score (nSPS) is 11.0. The van der Waals surface area contributed by atoms with Crippen LogP contribution in [0.3, 0.4) is 0 Å². The molecule has 0 fully saturated rings. The van der Waals surface area contributed by atoms with E-state index in [1.807, 2.05) is 0 Å². The number of nitrogens with one attached hydrogen (secondary N) is 1. The smallest absolute Gasteiger partial charge is 0.288 e. The summed E-state index contributed by atoms with van der Waals surface area (Å²) in [5, 5.41) is 6.84. The van der Waals surface area contributed by atoms with Gasteiger partial charge in [-0.1, -0.05) is 12.1 Å². The number of nitrogens with zero attached hydrogens (tertiary/aromatic N) is 3. The van der Waals surface area contributed by atoms with Gasteiger partial charge in [0, 0.05) is 5.69 Å². The van der Waals surface area contributed by atoms with E-state index in [1.54, 1.807) is 30.1 Å². The third kappa shape index (κ3) is 4.83. The Hall–Kier alpha value is -2.91. The van der Waals surface area contributed by atoms with Gasteiger partial charge >= 0.3 is 0 Å². The van der Waals surface area contributed by atoms with Crippen LogP contribution in [0.4, 0.5) is 14.5 Å². The van der Waals surface area contributed by atoms with Crippen molar-refractivity contribution in [2.75, 3.05) is 18.9 Å². The molecule has 1 aromatic heterocycles. The number of hydrogen-bond donors (Lipinski definition) is 1. The van der Waals surface area contributed by atoms with Gasteiger partial charge in [0.15, 0.2) is 0 Å². The maximum absolute atomic E-state index is 13.9. The molecule has 27 heavy (non-hydrogen) atoms. The van der Waals surface area contributed by atoms with Crippen molar-refractivity contribution in [1.29, 1.82) is 0 Å². The number of carbonyl (C=O) groups excluding carboxylic acids is 1. The molecule has 0 radical (unpaired) electrons. The van der Waals surface area contributed by atoms with E-state index in [1.165, 1.54) is 35.0 Å². The highest BCUT2D eigenvalue weighted by molar-refractivity contribution is 7.71. The Kier molecular flexibility index (Phi) is 5.72. The third-order valence-electron chi connectivity index (χ3n) is 3.63. The highest BCUT2D eigenvalue weighted by Crippen LogP contribution is 2.21. The standard InChI is InChI=1S/C18H16F2N4O2S/c1-23(10-16(25)21-13-8-6-12(19)7-9-13)11-24-18(27)26-17(22-24)14-4-2-3-5-15(14)20/h2-9H,10-11H2,1H3,(H,21,25). The molecule has 0 aliphatic heterocycles. The molecule has 0 aliphatic carbocycles. The molecular weight excluding hydrogens is 374 g/mol. The minimum Gasteiger partial charge on any atom is -0.409 e. The van der Waals surface area contributed by atoms with Gasteiger partial charge in [-0.3, -0.25) is 9.69 Å². The molecule has 0 saturated heterocycles. The number of amides is 1. The Balaban J connectivity index is 1.63. The summed E-state index contributed by atoms with van der Waals surface area (Å²) in [5.74, 6) is -1.06. The van der Waals surface area contributed by atoms with E-state index in [9.17, 15) is 13.6 Å². The molecule has 9 heteroatoms. The molecule has 1 heterocycles. The summed E-state index contributed by atoms with van der Waals surface area (Å²) in [7, 11) is 1.70. The number of carbonyl (C=O) groups is 1. The first-order valence-corrected chi connectivity index (χ1v) is 8.40. The number of hydrogen-bond acceptors (Lipinski definition) is 5. The van der Waals surface area contributed by atoms with Crippen molar-refractivity contribution < 1.29 is 18.0 Å². The Morgan fingerprint density at radius 3 is 2.63 bits per heavy atom. The first-order valence-electron chi connectivity index (χ1n) is 7.99. The quantitative estimate of drug-likeness (QED) is 0.651. The topological polar surface area (TPSA) is 63.3 Å². The molecule has 0 atom stereocenters. The molecule has 2 aromatic carbocycles. The molecule has 3 aromatic rings. The monoisotopic (exact) mass is 390 g/mol. The van der Waals surface area contributed by atoms with Crippen LogP contribution in [0.25, 0.3) is 11.5 Å². The van der Waals surface area contributed by atoms with E-state index >= 15 is 0 Å².